The number of rotatable bonds is 8. The van der Waals surface area contributed by atoms with Crippen molar-refractivity contribution in [1.29, 1.82) is 5.26 Å². The summed E-state index contributed by atoms with van der Waals surface area (Å²) in [5.74, 6) is 7.31. The number of anilines is 3. The smallest absolute Gasteiger partial charge is 0.277 e. The first-order valence-corrected chi connectivity index (χ1v) is 13.2. The molecule has 2 aromatic heterocycles. The van der Waals surface area contributed by atoms with Gasteiger partial charge < -0.3 is 21.8 Å². The molecule has 0 amide bonds. The van der Waals surface area contributed by atoms with Gasteiger partial charge in [-0.25, -0.2) is 10.1 Å². The molecule has 4 heterocycles. The van der Waals surface area contributed by atoms with E-state index < -0.39 is 0 Å². The number of likely N-dealkylation sites (tertiary alicyclic amines) is 1. The number of piperidine rings is 1. The van der Waals surface area contributed by atoms with E-state index in [-0.39, 0.29) is 5.56 Å². The van der Waals surface area contributed by atoms with Gasteiger partial charge in [-0.2, -0.15) is 20.4 Å². The second-order valence-electron chi connectivity index (χ2n) is 10.1. The van der Waals surface area contributed by atoms with Crippen LogP contribution in [-0.2, 0) is 6.54 Å². The van der Waals surface area contributed by atoms with E-state index in [1.54, 1.807) is 6.20 Å². The maximum atomic E-state index is 12.7. The summed E-state index contributed by atoms with van der Waals surface area (Å²) in [4.78, 5) is 28.6. The number of fused-ring (bicyclic) bond motifs is 1. The van der Waals surface area contributed by atoms with Gasteiger partial charge in [0.25, 0.3) is 5.56 Å². The van der Waals surface area contributed by atoms with Crippen LogP contribution < -0.4 is 27.4 Å². The van der Waals surface area contributed by atoms with Gasteiger partial charge >= 0.3 is 0 Å². The molecule has 39 heavy (non-hydrogen) atoms. The van der Waals surface area contributed by atoms with Crippen molar-refractivity contribution in [2.45, 2.75) is 25.8 Å². The number of piperazine rings is 1. The molecule has 1 aromatic carbocycles. The molecule has 0 bridgehead atoms. The third-order valence-electron chi connectivity index (χ3n) is 7.45. The lowest BCUT2D eigenvalue weighted by Crippen LogP contribution is -2.47. The maximum Gasteiger partial charge on any atom is 0.277 e. The first-order chi connectivity index (χ1) is 19.0. The summed E-state index contributed by atoms with van der Waals surface area (Å²) in [5.41, 5.74) is 7.97. The molecule has 0 atom stereocenters. The molecule has 2 aliphatic rings. The average Bonchev–Trinajstić information content (AvgIpc) is 2.95. The third-order valence-corrected chi connectivity index (χ3v) is 7.45. The molecule has 2 saturated heterocycles. The number of amidine groups is 1. The molecule has 13 heteroatoms. The Hall–Kier alpha value is -4.28. The minimum atomic E-state index is -0.347. The maximum absolute atomic E-state index is 12.7. The largest absolute Gasteiger partial charge is 0.386 e. The number of hydrazone groups is 1. The zero-order chi connectivity index (χ0) is 27.2. The molecule has 0 saturated carbocycles. The highest BCUT2D eigenvalue weighted by Crippen LogP contribution is 2.26. The first-order valence-electron chi connectivity index (χ1n) is 13.2. The van der Waals surface area contributed by atoms with Crippen molar-refractivity contribution in [2.75, 3.05) is 56.0 Å². The molecule has 2 fully saturated rings. The van der Waals surface area contributed by atoms with Crippen LogP contribution in [0.5, 0.6) is 0 Å². The second kappa shape index (κ2) is 12.1. The summed E-state index contributed by atoms with van der Waals surface area (Å²) < 4.78 is 0. The van der Waals surface area contributed by atoms with E-state index in [1.165, 1.54) is 5.56 Å². The normalized spacial score (nSPS) is 17.8. The Morgan fingerprint density at radius 3 is 2.54 bits per heavy atom. The summed E-state index contributed by atoms with van der Waals surface area (Å²) in [5, 5.41) is 22.7. The number of nitrogens with one attached hydrogen (secondary N) is 2. The van der Waals surface area contributed by atoms with Gasteiger partial charge in [0.2, 0.25) is 5.95 Å². The summed E-state index contributed by atoms with van der Waals surface area (Å²) in [6.07, 6.45) is 4.47. The van der Waals surface area contributed by atoms with Gasteiger partial charge in [-0.05, 0) is 49.5 Å². The fraction of sp³-hybridized carbons (Fsp3) is 0.462. The summed E-state index contributed by atoms with van der Waals surface area (Å²) in [6.45, 7) is 6.20. The van der Waals surface area contributed by atoms with Crippen molar-refractivity contribution in [3.05, 3.63) is 46.4 Å². The Kier molecular flexibility index (Phi) is 8.14. The quantitative estimate of drug-likeness (QED) is 0.107. The van der Waals surface area contributed by atoms with Crippen LogP contribution in [0.3, 0.4) is 0 Å². The molecule has 5 rings (SSSR count). The van der Waals surface area contributed by atoms with E-state index in [9.17, 15) is 4.79 Å². The van der Waals surface area contributed by atoms with Crippen LogP contribution >= 0.6 is 0 Å². The van der Waals surface area contributed by atoms with Crippen molar-refractivity contribution in [2.24, 2.45) is 22.6 Å². The Morgan fingerprint density at radius 2 is 1.85 bits per heavy atom. The molecule has 0 unspecified atom stereocenters. The van der Waals surface area contributed by atoms with Crippen LogP contribution in [0, 0.1) is 17.2 Å². The zero-order valence-electron chi connectivity index (χ0n) is 21.9. The predicted octanol–water partition coefficient (Wildman–Crippen LogP) is 0.935. The number of H-pyrrole nitrogens is 1. The van der Waals surface area contributed by atoms with Crippen LogP contribution in [0.2, 0.25) is 0 Å². The number of nitriles is 1. The lowest BCUT2D eigenvalue weighted by molar-refractivity contribution is 0.180. The van der Waals surface area contributed by atoms with E-state index in [0.29, 0.717) is 54.1 Å². The number of aromatic amines is 1. The molecular weight excluding hydrogens is 496 g/mol. The number of hydrogen-bond donors (Lipinski definition) is 4. The fourth-order valence-corrected chi connectivity index (χ4v) is 5.21. The van der Waals surface area contributed by atoms with E-state index in [2.05, 4.69) is 58.5 Å². The highest BCUT2D eigenvalue weighted by Gasteiger charge is 2.22. The number of nitrogens with two attached hydrogens (primary N) is 2. The van der Waals surface area contributed by atoms with Crippen LogP contribution in [0.25, 0.3) is 10.9 Å². The summed E-state index contributed by atoms with van der Waals surface area (Å²) in [6, 6.07) is 10.4. The predicted molar refractivity (Wildman–Crippen MR) is 150 cm³/mol. The molecular formula is C26H34N12O. The van der Waals surface area contributed by atoms with Crippen LogP contribution in [0.4, 0.5) is 17.5 Å². The van der Waals surface area contributed by atoms with Crippen molar-refractivity contribution >= 4 is 34.2 Å². The van der Waals surface area contributed by atoms with E-state index in [0.717, 1.165) is 57.7 Å². The third kappa shape index (κ3) is 6.42. The molecule has 0 spiro atoms. The van der Waals surface area contributed by atoms with E-state index in [4.69, 9.17) is 21.8 Å². The fourth-order valence-electron chi connectivity index (χ4n) is 5.21. The lowest BCUT2D eigenvalue weighted by Gasteiger charge is -2.33. The molecule has 204 valence electrons. The van der Waals surface area contributed by atoms with Gasteiger partial charge in [-0.3, -0.25) is 14.6 Å². The number of aromatic nitrogens is 4. The SMILES string of the molecule is N#CCN1CCN(c2nc(Nc3ccc(CN4CCC(C/C(N)=N/N)CC4)cc3)c3c(=O)[nH]ncc3n2)CC1. The standard InChI is InChI=1S/C26H34N12O/c27-7-10-36-11-13-38(14-12-36)26-32-21-16-30-35-25(39)23(21)24(33-26)31-20-3-1-19(2-4-20)17-37-8-5-18(6-9-37)15-22(28)34-29/h1-4,16,18H,5-6,8-15,17,29H2,(H2,28,34)(H,35,39)(H,31,32,33). The monoisotopic (exact) mass is 530 g/mol. The zero-order valence-corrected chi connectivity index (χ0v) is 21.9. The number of hydrogen-bond acceptors (Lipinski definition) is 11. The van der Waals surface area contributed by atoms with Gasteiger partial charge in [0.1, 0.15) is 22.6 Å². The van der Waals surface area contributed by atoms with Crippen LogP contribution in [0.15, 0.2) is 40.4 Å². The Bertz CT molecular complexity index is 1400. The van der Waals surface area contributed by atoms with E-state index >= 15 is 0 Å². The first kappa shape index (κ1) is 26.3. The van der Waals surface area contributed by atoms with Crippen molar-refractivity contribution < 1.29 is 0 Å². The topological polar surface area (TPSA) is 181 Å². The van der Waals surface area contributed by atoms with Crippen LogP contribution in [0.1, 0.15) is 24.8 Å². The Balaban J connectivity index is 1.27. The average molecular weight is 531 g/mol. The van der Waals surface area contributed by atoms with Gasteiger partial charge in [0.05, 0.1) is 18.8 Å². The van der Waals surface area contributed by atoms with Crippen molar-refractivity contribution in [3.63, 3.8) is 0 Å². The minimum absolute atomic E-state index is 0.347. The minimum Gasteiger partial charge on any atom is -0.386 e. The molecule has 0 aliphatic carbocycles. The van der Waals surface area contributed by atoms with Gasteiger partial charge in [-0.1, -0.05) is 12.1 Å². The summed E-state index contributed by atoms with van der Waals surface area (Å²) in [7, 11) is 0. The van der Waals surface area contributed by atoms with Gasteiger partial charge in [0.15, 0.2) is 0 Å². The van der Waals surface area contributed by atoms with Crippen LogP contribution in [-0.4, -0.2) is 81.6 Å². The molecule has 3 aromatic rings. The number of benzene rings is 1. The highest BCUT2D eigenvalue weighted by molar-refractivity contribution is 5.90. The van der Waals surface area contributed by atoms with E-state index in [1.807, 2.05) is 12.1 Å². The summed E-state index contributed by atoms with van der Waals surface area (Å²) >= 11 is 0. The van der Waals surface area contributed by atoms with Gasteiger partial charge in [-0.15, -0.1) is 0 Å². The molecule has 2 aliphatic heterocycles. The molecule has 6 N–H and O–H groups in total. The Labute approximate surface area is 226 Å². The molecule has 0 radical (unpaired) electrons. The Morgan fingerprint density at radius 1 is 1.10 bits per heavy atom. The van der Waals surface area contributed by atoms with Gasteiger partial charge in [0, 0.05) is 44.8 Å². The number of nitrogens with zero attached hydrogens (tertiary/aromatic N) is 8. The second-order valence-corrected chi connectivity index (χ2v) is 10.1. The molecule has 13 nitrogen and oxygen atoms in total. The van der Waals surface area contributed by atoms with Crippen molar-refractivity contribution in [3.8, 4) is 6.07 Å². The lowest BCUT2D eigenvalue weighted by atomic mass is 9.93. The highest BCUT2D eigenvalue weighted by atomic mass is 16.1. The van der Waals surface area contributed by atoms with Crippen molar-refractivity contribution in [1.82, 2.24) is 30.0 Å².